The zero-order chi connectivity index (χ0) is 33.3. The first kappa shape index (κ1) is 31.5. The maximum atomic E-state index is 11.0. The largest absolute Gasteiger partial charge is 0.508 e. The highest BCUT2D eigenvalue weighted by Crippen LogP contribution is 2.45. The van der Waals surface area contributed by atoms with Crippen LogP contribution < -0.4 is 0 Å². The van der Waals surface area contributed by atoms with E-state index < -0.39 is 5.41 Å². The third-order valence-corrected chi connectivity index (χ3v) is 9.44. The molecule has 47 heavy (non-hydrogen) atoms. The van der Waals surface area contributed by atoms with Crippen LogP contribution in [0, 0.1) is 0 Å². The van der Waals surface area contributed by atoms with Gasteiger partial charge in [0.25, 0.3) is 0 Å². The highest BCUT2D eigenvalue weighted by molar-refractivity contribution is 7.99. The second-order valence-electron chi connectivity index (χ2n) is 12.0. The minimum absolute atomic E-state index is 0.0155. The molecule has 0 spiro atoms. The SMILES string of the molecule is CC(C)(c1ccc(O)c(-c2cc(Sc3ccc(O)cc3)ccc2O)c1)c1ccc(O)cc1-c1cc(O)ccc1Cc1ccc(O)cc1. The van der Waals surface area contributed by atoms with Crippen molar-refractivity contribution in [3.63, 3.8) is 0 Å². The Hall–Kier alpha value is -5.53. The zero-order valence-corrected chi connectivity index (χ0v) is 26.7. The lowest BCUT2D eigenvalue weighted by molar-refractivity contribution is 0.468. The molecule has 0 aliphatic heterocycles. The number of rotatable bonds is 8. The third kappa shape index (κ3) is 6.71. The first-order chi connectivity index (χ1) is 22.5. The first-order valence-electron chi connectivity index (χ1n) is 15.1. The standard InChI is InChI=1S/C40H34O6S/c1-40(2,26-6-17-38(45)35(20-26)36-23-32(15-18-39(36)46)47-31-13-10-28(42)11-14-31)37-16-12-30(44)22-34(37)33-21-29(43)9-5-25(33)19-24-3-7-27(41)8-4-24/h3-18,20-23,41-46H,19H2,1-2H3. The Kier molecular flexibility index (Phi) is 8.50. The Balaban J connectivity index is 1.42. The molecule has 6 aromatic rings. The first-order valence-corrected chi connectivity index (χ1v) is 15.9. The van der Waals surface area contributed by atoms with E-state index in [1.54, 1.807) is 66.7 Å². The van der Waals surface area contributed by atoms with Gasteiger partial charge < -0.3 is 30.6 Å². The molecule has 0 heterocycles. The number of hydrogen-bond acceptors (Lipinski definition) is 7. The smallest absolute Gasteiger partial charge is 0.123 e. The number of benzene rings is 6. The van der Waals surface area contributed by atoms with Gasteiger partial charge in [0.15, 0.2) is 0 Å². The van der Waals surface area contributed by atoms with Crippen LogP contribution in [0.1, 0.15) is 36.1 Å². The summed E-state index contributed by atoms with van der Waals surface area (Å²) in [7, 11) is 0. The van der Waals surface area contributed by atoms with Gasteiger partial charge in [0.05, 0.1) is 0 Å². The molecule has 0 unspecified atom stereocenters. The topological polar surface area (TPSA) is 121 Å². The summed E-state index contributed by atoms with van der Waals surface area (Å²) in [5, 5.41) is 62.6. The molecule has 0 saturated heterocycles. The molecule has 0 aliphatic carbocycles. The summed E-state index contributed by atoms with van der Waals surface area (Å²) < 4.78 is 0. The van der Waals surface area contributed by atoms with Crippen molar-refractivity contribution in [2.45, 2.75) is 35.5 Å². The second-order valence-corrected chi connectivity index (χ2v) is 13.2. The summed E-state index contributed by atoms with van der Waals surface area (Å²) >= 11 is 1.47. The Morgan fingerprint density at radius 3 is 1.68 bits per heavy atom. The molecule has 0 saturated carbocycles. The fraction of sp³-hybridized carbons (Fsp3) is 0.100. The molecule has 236 valence electrons. The van der Waals surface area contributed by atoms with Gasteiger partial charge >= 0.3 is 0 Å². The summed E-state index contributed by atoms with van der Waals surface area (Å²) in [6.45, 7) is 4.11. The Morgan fingerprint density at radius 1 is 0.468 bits per heavy atom. The summed E-state index contributed by atoms with van der Waals surface area (Å²) in [5.41, 5.74) is 5.41. The Bertz CT molecular complexity index is 2070. The van der Waals surface area contributed by atoms with E-state index in [1.807, 2.05) is 54.6 Å². The molecule has 6 aromatic carbocycles. The van der Waals surface area contributed by atoms with E-state index in [0.717, 1.165) is 43.2 Å². The summed E-state index contributed by atoms with van der Waals surface area (Å²) in [5.74, 6) is 0.573. The molecule has 7 heteroatoms. The number of hydrogen-bond donors (Lipinski definition) is 6. The summed E-state index contributed by atoms with van der Waals surface area (Å²) in [6.07, 6.45) is 0.534. The van der Waals surface area contributed by atoms with E-state index in [0.29, 0.717) is 17.5 Å². The molecule has 6 nitrogen and oxygen atoms in total. The molecule has 0 aliphatic rings. The zero-order valence-electron chi connectivity index (χ0n) is 25.8. The van der Waals surface area contributed by atoms with Crippen molar-refractivity contribution in [3.8, 4) is 56.8 Å². The molecular formula is C40H34O6S. The highest BCUT2D eigenvalue weighted by atomic mass is 32.2. The third-order valence-electron chi connectivity index (χ3n) is 8.44. The Morgan fingerprint density at radius 2 is 1.00 bits per heavy atom. The quantitative estimate of drug-likeness (QED) is 0.0978. The Labute approximate surface area is 277 Å². The van der Waals surface area contributed by atoms with E-state index >= 15 is 0 Å². The normalized spacial score (nSPS) is 11.4. The monoisotopic (exact) mass is 642 g/mol. The number of aromatic hydroxyl groups is 6. The van der Waals surface area contributed by atoms with Crippen LogP contribution in [0.25, 0.3) is 22.3 Å². The van der Waals surface area contributed by atoms with Crippen molar-refractivity contribution in [1.82, 2.24) is 0 Å². The van der Waals surface area contributed by atoms with Crippen molar-refractivity contribution >= 4 is 11.8 Å². The highest BCUT2D eigenvalue weighted by Gasteiger charge is 2.29. The van der Waals surface area contributed by atoms with E-state index in [2.05, 4.69) is 13.8 Å². The number of phenols is 6. The van der Waals surface area contributed by atoms with Gasteiger partial charge in [-0.2, -0.15) is 0 Å². The molecule has 6 N–H and O–H groups in total. The van der Waals surface area contributed by atoms with Gasteiger partial charge in [0.2, 0.25) is 0 Å². The van der Waals surface area contributed by atoms with Gasteiger partial charge in [-0.3, -0.25) is 0 Å². The minimum Gasteiger partial charge on any atom is -0.508 e. The minimum atomic E-state index is -0.666. The second kappa shape index (κ2) is 12.7. The predicted molar refractivity (Wildman–Crippen MR) is 186 cm³/mol. The van der Waals surface area contributed by atoms with Crippen LogP contribution in [-0.2, 0) is 11.8 Å². The van der Waals surface area contributed by atoms with Crippen molar-refractivity contribution in [2.24, 2.45) is 0 Å². The van der Waals surface area contributed by atoms with Crippen molar-refractivity contribution in [1.29, 1.82) is 0 Å². The van der Waals surface area contributed by atoms with Crippen LogP contribution in [0.15, 0.2) is 131 Å². The predicted octanol–water partition coefficient (Wildman–Crippen LogP) is 9.32. The van der Waals surface area contributed by atoms with Crippen LogP contribution in [0.4, 0.5) is 0 Å². The van der Waals surface area contributed by atoms with Gasteiger partial charge in [-0.1, -0.05) is 55.9 Å². The molecule has 0 atom stereocenters. The molecule has 0 fully saturated rings. The van der Waals surface area contributed by atoms with E-state index in [-0.39, 0.29) is 34.5 Å². The molecule has 0 bridgehead atoms. The average molecular weight is 643 g/mol. The molecule has 0 amide bonds. The maximum Gasteiger partial charge on any atom is 0.123 e. The summed E-state index contributed by atoms with van der Waals surface area (Å²) in [6, 6.07) is 34.8. The van der Waals surface area contributed by atoms with Gasteiger partial charge in [-0.15, -0.1) is 0 Å². The lowest BCUT2D eigenvalue weighted by atomic mass is 9.73. The lowest BCUT2D eigenvalue weighted by Gasteiger charge is -2.30. The van der Waals surface area contributed by atoms with Crippen LogP contribution in [0.3, 0.4) is 0 Å². The van der Waals surface area contributed by atoms with Crippen molar-refractivity contribution < 1.29 is 30.6 Å². The van der Waals surface area contributed by atoms with Gasteiger partial charge in [0, 0.05) is 26.3 Å². The molecule has 0 aromatic heterocycles. The van der Waals surface area contributed by atoms with Crippen LogP contribution in [-0.4, -0.2) is 30.6 Å². The fourth-order valence-corrected chi connectivity index (χ4v) is 6.70. The molecule has 0 radical (unpaired) electrons. The van der Waals surface area contributed by atoms with E-state index in [4.69, 9.17) is 0 Å². The van der Waals surface area contributed by atoms with E-state index in [1.165, 1.54) is 11.8 Å². The average Bonchev–Trinajstić information content (AvgIpc) is 3.05. The van der Waals surface area contributed by atoms with Gasteiger partial charge in [-0.25, -0.2) is 0 Å². The van der Waals surface area contributed by atoms with Crippen LogP contribution in [0.2, 0.25) is 0 Å². The fourth-order valence-electron chi connectivity index (χ4n) is 5.84. The van der Waals surface area contributed by atoms with Crippen LogP contribution in [0.5, 0.6) is 34.5 Å². The maximum absolute atomic E-state index is 11.0. The van der Waals surface area contributed by atoms with E-state index in [9.17, 15) is 30.6 Å². The van der Waals surface area contributed by atoms with Gasteiger partial charge in [-0.05, 0) is 131 Å². The van der Waals surface area contributed by atoms with Crippen molar-refractivity contribution in [2.75, 3.05) is 0 Å². The lowest BCUT2D eigenvalue weighted by Crippen LogP contribution is -2.20. The summed E-state index contributed by atoms with van der Waals surface area (Å²) in [4.78, 5) is 1.76. The molecule has 6 rings (SSSR count). The molecular weight excluding hydrogens is 609 g/mol. The van der Waals surface area contributed by atoms with Gasteiger partial charge in [0.1, 0.15) is 34.5 Å². The van der Waals surface area contributed by atoms with Crippen molar-refractivity contribution in [3.05, 3.63) is 144 Å². The number of phenolic OH excluding ortho intramolecular Hbond substituents is 6. The van der Waals surface area contributed by atoms with Crippen LogP contribution >= 0.6 is 11.8 Å².